The van der Waals surface area contributed by atoms with Gasteiger partial charge in [-0.2, -0.15) is 0 Å². The zero-order chi connectivity index (χ0) is 12.5. The summed E-state index contributed by atoms with van der Waals surface area (Å²) in [5.74, 6) is 0.492. The fourth-order valence-electron chi connectivity index (χ4n) is 2.03. The summed E-state index contributed by atoms with van der Waals surface area (Å²) in [6.45, 7) is 1.88. The van der Waals surface area contributed by atoms with Crippen LogP contribution in [0.15, 0.2) is 16.3 Å². The van der Waals surface area contributed by atoms with Crippen LogP contribution in [0.4, 0.5) is 0 Å². The highest BCUT2D eigenvalue weighted by Gasteiger charge is 2.39. The lowest BCUT2D eigenvalue weighted by Crippen LogP contribution is -2.27. The van der Waals surface area contributed by atoms with Gasteiger partial charge in [-0.05, 0) is 30.2 Å². The smallest absolute Gasteiger partial charge is 0.242 e. The van der Waals surface area contributed by atoms with E-state index in [1.54, 1.807) is 11.4 Å². The van der Waals surface area contributed by atoms with Crippen LogP contribution in [0.3, 0.4) is 0 Å². The minimum absolute atomic E-state index is 0.0893. The van der Waals surface area contributed by atoms with E-state index in [2.05, 4.69) is 11.6 Å². The maximum absolute atomic E-state index is 12.1. The van der Waals surface area contributed by atoms with Gasteiger partial charge in [-0.1, -0.05) is 13.3 Å². The van der Waals surface area contributed by atoms with Crippen LogP contribution in [0.1, 0.15) is 31.1 Å². The van der Waals surface area contributed by atoms with Crippen LogP contribution in [0.5, 0.6) is 0 Å². The van der Waals surface area contributed by atoms with Crippen LogP contribution >= 0.6 is 11.3 Å². The molecule has 2 rings (SSSR count). The topological polar surface area (TPSA) is 66.4 Å². The minimum atomic E-state index is -3.45. The van der Waals surface area contributed by atoms with Crippen molar-refractivity contribution in [3.63, 3.8) is 0 Å². The zero-order valence-corrected chi connectivity index (χ0v) is 11.4. The Morgan fingerprint density at radius 2 is 2.35 bits per heavy atom. The number of sulfonamides is 1. The second-order valence-electron chi connectivity index (χ2n) is 4.38. The summed E-state index contributed by atoms with van der Waals surface area (Å²) in [6, 6.07) is 1.64. The number of nitrogens with one attached hydrogen (secondary N) is 1. The summed E-state index contributed by atoms with van der Waals surface area (Å²) in [7, 11) is -3.45. The van der Waals surface area contributed by atoms with E-state index in [1.807, 2.05) is 0 Å². The van der Waals surface area contributed by atoms with Gasteiger partial charge in [0, 0.05) is 10.9 Å². The van der Waals surface area contributed by atoms with Gasteiger partial charge in [0.05, 0.1) is 11.5 Å². The van der Waals surface area contributed by atoms with E-state index in [0.29, 0.717) is 10.8 Å². The summed E-state index contributed by atoms with van der Waals surface area (Å²) >= 11 is 1.27. The first-order valence-corrected chi connectivity index (χ1v) is 8.14. The van der Waals surface area contributed by atoms with E-state index in [4.69, 9.17) is 5.11 Å². The summed E-state index contributed by atoms with van der Waals surface area (Å²) in [6.07, 6.45) is 3.10. The third-order valence-electron chi connectivity index (χ3n) is 3.03. The van der Waals surface area contributed by atoms with Gasteiger partial charge < -0.3 is 5.11 Å². The summed E-state index contributed by atoms with van der Waals surface area (Å²) < 4.78 is 26.8. The molecule has 0 radical (unpaired) electrons. The van der Waals surface area contributed by atoms with Gasteiger partial charge in [0.15, 0.2) is 0 Å². The molecule has 2 unspecified atom stereocenters. The van der Waals surface area contributed by atoms with E-state index >= 15 is 0 Å². The number of hydrogen-bond donors (Lipinski definition) is 2. The Bertz CT molecular complexity index is 481. The van der Waals surface area contributed by atoms with Crippen molar-refractivity contribution in [2.24, 2.45) is 5.92 Å². The molecule has 2 atom stereocenters. The largest absolute Gasteiger partial charge is 0.391 e. The second kappa shape index (κ2) is 5.06. The van der Waals surface area contributed by atoms with Crippen LogP contribution in [-0.2, 0) is 16.6 Å². The summed E-state index contributed by atoms with van der Waals surface area (Å²) in [5, 5.41) is 10.8. The molecule has 96 valence electrons. The molecule has 2 N–H and O–H groups in total. The van der Waals surface area contributed by atoms with E-state index in [9.17, 15) is 8.42 Å². The van der Waals surface area contributed by atoms with Crippen molar-refractivity contribution >= 4 is 21.4 Å². The van der Waals surface area contributed by atoms with Crippen molar-refractivity contribution in [1.29, 1.82) is 0 Å². The predicted octanol–water partition coefficient (Wildman–Crippen LogP) is 1.71. The Morgan fingerprint density at radius 1 is 1.59 bits per heavy atom. The lowest BCUT2D eigenvalue weighted by Gasteiger charge is -2.06. The first-order chi connectivity index (χ1) is 8.08. The molecule has 0 spiro atoms. The Labute approximate surface area is 106 Å². The standard InChI is InChI=1S/C11H17NO3S2/c1-2-3-8-6-9(8)12-17(14,15)11-4-5-16-10(11)7-13/h4-5,8-9,12-13H,2-3,6-7H2,1H3. The van der Waals surface area contributed by atoms with Crippen LogP contribution < -0.4 is 4.72 Å². The summed E-state index contributed by atoms with van der Waals surface area (Å²) in [5.41, 5.74) is 0. The Morgan fingerprint density at radius 3 is 3.00 bits per heavy atom. The molecule has 1 aromatic rings. The van der Waals surface area contributed by atoms with E-state index in [0.717, 1.165) is 19.3 Å². The van der Waals surface area contributed by atoms with Gasteiger partial charge in [-0.25, -0.2) is 13.1 Å². The third kappa shape index (κ3) is 2.88. The lowest BCUT2D eigenvalue weighted by atomic mass is 10.2. The second-order valence-corrected chi connectivity index (χ2v) is 7.06. The highest BCUT2D eigenvalue weighted by Crippen LogP contribution is 2.36. The Balaban J connectivity index is 2.05. The lowest BCUT2D eigenvalue weighted by molar-refractivity contribution is 0.282. The van der Waals surface area contributed by atoms with Gasteiger partial charge in [0.25, 0.3) is 0 Å². The Kier molecular flexibility index (Phi) is 3.87. The van der Waals surface area contributed by atoms with Gasteiger partial charge in [0.1, 0.15) is 0 Å². The third-order valence-corrected chi connectivity index (χ3v) is 5.64. The molecule has 6 heteroatoms. The Hall–Kier alpha value is -0.430. The normalized spacial score (nSPS) is 23.9. The molecule has 1 aliphatic rings. The number of aliphatic hydroxyl groups is 1. The minimum Gasteiger partial charge on any atom is -0.391 e. The first kappa shape index (κ1) is 13.0. The number of rotatable bonds is 6. The molecule has 4 nitrogen and oxygen atoms in total. The van der Waals surface area contributed by atoms with Crippen LogP contribution in [0.25, 0.3) is 0 Å². The van der Waals surface area contributed by atoms with Crippen molar-refractivity contribution in [3.8, 4) is 0 Å². The molecule has 0 aromatic carbocycles. The fourth-order valence-corrected chi connectivity index (χ4v) is 4.64. The molecule has 1 heterocycles. The van der Waals surface area contributed by atoms with Gasteiger partial charge in [-0.15, -0.1) is 11.3 Å². The highest BCUT2D eigenvalue weighted by molar-refractivity contribution is 7.89. The monoisotopic (exact) mass is 275 g/mol. The van der Waals surface area contributed by atoms with Crippen LogP contribution in [0.2, 0.25) is 0 Å². The molecule has 1 aliphatic carbocycles. The molecule has 0 aliphatic heterocycles. The van der Waals surface area contributed by atoms with Gasteiger partial charge >= 0.3 is 0 Å². The number of hydrogen-bond acceptors (Lipinski definition) is 4. The van der Waals surface area contributed by atoms with E-state index in [1.165, 1.54) is 11.3 Å². The maximum Gasteiger partial charge on any atom is 0.242 e. The van der Waals surface area contributed by atoms with Gasteiger partial charge in [0.2, 0.25) is 10.0 Å². The molecular formula is C11H17NO3S2. The first-order valence-electron chi connectivity index (χ1n) is 5.78. The molecule has 0 bridgehead atoms. The number of thiophene rings is 1. The fraction of sp³-hybridized carbons (Fsp3) is 0.636. The molecule has 1 aromatic heterocycles. The van der Waals surface area contributed by atoms with Crippen molar-refractivity contribution in [2.45, 2.75) is 43.7 Å². The van der Waals surface area contributed by atoms with Crippen molar-refractivity contribution < 1.29 is 13.5 Å². The quantitative estimate of drug-likeness (QED) is 0.830. The SMILES string of the molecule is CCCC1CC1NS(=O)(=O)c1ccsc1CO. The predicted molar refractivity (Wildman–Crippen MR) is 67.4 cm³/mol. The maximum atomic E-state index is 12.1. The average Bonchev–Trinajstić information content (AvgIpc) is 2.83. The van der Waals surface area contributed by atoms with Crippen LogP contribution in [-0.4, -0.2) is 19.6 Å². The van der Waals surface area contributed by atoms with Crippen molar-refractivity contribution in [1.82, 2.24) is 4.72 Å². The zero-order valence-electron chi connectivity index (χ0n) is 9.72. The molecular weight excluding hydrogens is 258 g/mol. The van der Waals surface area contributed by atoms with Crippen LogP contribution in [0, 0.1) is 5.92 Å². The molecule has 17 heavy (non-hydrogen) atoms. The molecule has 0 saturated heterocycles. The highest BCUT2D eigenvalue weighted by atomic mass is 32.2. The average molecular weight is 275 g/mol. The van der Waals surface area contributed by atoms with E-state index < -0.39 is 10.0 Å². The molecule has 0 amide bonds. The molecule has 1 fully saturated rings. The van der Waals surface area contributed by atoms with E-state index in [-0.39, 0.29) is 17.5 Å². The van der Waals surface area contributed by atoms with Gasteiger partial charge in [-0.3, -0.25) is 0 Å². The number of aliphatic hydroxyl groups excluding tert-OH is 1. The van der Waals surface area contributed by atoms with Crippen molar-refractivity contribution in [3.05, 3.63) is 16.3 Å². The molecule has 1 saturated carbocycles. The summed E-state index contributed by atoms with van der Waals surface area (Å²) in [4.78, 5) is 0.734. The van der Waals surface area contributed by atoms with Crippen molar-refractivity contribution in [2.75, 3.05) is 0 Å².